The highest BCUT2D eigenvalue weighted by molar-refractivity contribution is 6.08. The lowest BCUT2D eigenvalue weighted by Gasteiger charge is -2.33. The van der Waals surface area contributed by atoms with Gasteiger partial charge in [0, 0.05) is 101 Å². The number of nitrogens with one attached hydrogen (secondary N) is 3. The molecule has 23 nitrogen and oxygen atoms in total. The van der Waals surface area contributed by atoms with Crippen molar-refractivity contribution < 1.29 is 71.9 Å². The number of hydrogen-bond donors (Lipinski definition) is 3. The quantitative estimate of drug-likeness (QED) is 0.0524. The second-order valence-corrected chi connectivity index (χ2v) is 21.2. The van der Waals surface area contributed by atoms with E-state index in [0.29, 0.717) is 28.1 Å². The Morgan fingerprint density at radius 1 is 0.441 bits per heavy atom. The molecule has 0 atom stereocenters. The summed E-state index contributed by atoms with van der Waals surface area (Å²) in [7, 11) is 6.98. The molecule has 0 aliphatic carbocycles. The van der Waals surface area contributed by atoms with Crippen LogP contribution in [0.5, 0.6) is 0 Å². The number of amides is 1. The Kier molecular flexibility index (Phi) is 27.3. The van der Waals surface area contributed by atoms with E-state index in [9.17, 15) is 67.1 Å². The molecule has 0 saturated carbocycles. The Labute approximate surface area is 571 Å². The minimum absolute atomic E-state index is 0.0968. The van der Waals surface area contributed by atoms with Crippen LogP contribution in [0.4, 0.5) is 58.5 Å². The molecular formula is C67H57F12N19O4. The average Bonchev–Trinajstić information content (AvgIpc) is 1.61. The number of halogens is 12. The molecule has 14 heterocycles. The van der Waals surface area contributed by atoms with Crippen LogP contribution in [0, 0.1) is 70.7 Å². The Morgan fingerprint density at radius 2 is 0.853 bits per heavy atom. The second kappa shape index (κ2) is 36.8. The fraction of sp³-hybridized carbons (Fsp3) is 0.179. The van der Waals surface area contributed by atoms with Crippen LogP contribution in [-0.2, 0) is 4.84 Å². The third-order valence-electron chi connectivity index (χ3n) is 14.2. The van der Waals surface area contributed by atoms with Gasteiger partial charge in [-0.05, 0) is 135 Å². The molecule has 1 amide bonds. The molecule has 528 valence electrons. The minimum Gasteiger partial charge on any atom is -0.354 e. The number of piperazine rings is 2. The van der Waals surface area contributed by atoms with Gasteiger partial charge in [-0.2, -0.15) is 40.9 Å². The van der Waals surface area contributed by atoms with E-state index in [1.807, 2.05) is 12.1 Å². The summed E-state index contributed by atoms with van der Waals surface area (Å²) in [6, 6.07) is 25.0. The van der Waals surface area contributed by atoms with E-state index < -0.39 is 105 Å². The van der Waals surface area contributed by atoms with E-state index in [-0.39, 0.29) is 22.8 Å². The number of hydroxylamine groups is 2. The molecule has 2 aliphatic heterocycles. The van der Waals surface area contributed by atoms with Gasteiger partial charge in [-0.15, -0.1) is 0 Å². The van der Waals surface area contributed by atoms with Crippen molar-refractivity contribution in [1.82, 2.24) is 90.4 Å². The number of nitrogens with zero attached hydrogens (tertiary/aromatic N) is 16. The van der Waals surface area contributed by atoms with Gasteiger partial charge in [-0.25, -0.2) is 76.9 Å². The van der Waals surface area contributed by atoms with Gasteiger partial charge >= 0.3 is 0 Å². The zero-order valence-corrected chi connectivity index (χ0v) is 54.0. The molecule has 0 bridgehead atoms. The molecule has 2 fully saturated rings. The Bertz CT molecular complexity index is 4670. The molecule has 0 spiro atoms. The number of rotatable bonds is 9. The maximum Gasteiger partial charge on any atom is 0.281 e. The highest BCUT2D eigenvalue weighted by atomic mass is 19.2. The van der Waals surface area contributed by atoms with Crippen LogP contribution in [-0.4, -0.2) is 183 Å². The Morgan fingerprint density at radius 3 is 1.28 bits per heavy atom. The van der Waals surface area contributed by atoms with E-state index in [0.717, 1.165) is 135 Å². The van der Waals surface area contributed by atoms with E-state index in [2.05, 4.69) is 109 Å². The predicted octanol–water partition coefficient (Wildman–Crippen LogP) is 10.2. The number of hydrogen-bond acceptors (Lipinski definition) is 20. The van der Waals surface area contributed by atoms with Crippen molar-refractivity contribution in [1.29, 1.82) is 0 Å². The number of carbonyl (C=O) groups excluding carboxylic acids is 3. The molecule has 35 heteroatoms. The van der Waals surface area contributed by atoms with Gasteiger partial charge < -0.3 is 20.0 Å². The minimum atomic E-state index is -1.05. The van der Waals surface area contributed by atoms with Crippen LogP contribution in [0.3, 0.4) is 0 Å². The summed E-state index contributed by atoms with van der Waals surface area (Å²) < 4.78 is 156. The van der Waals surface area contributed by atoms with Crippen molar-refractivity contribution in [2.75, 3.05) is 85.5 Å². The molecule has 102 heavy (non-hydrogen) atoms. The average molecular weight is 1420 g/mol. The maximum atomic E-state index is 14.3. The van der Waals surface area contributed by atoms with Gasteiger partial charge in [0.1, 0.15) is 34.4 Å². The molecule has 12 aromatic heterocycles. The summed E-state index contributed by atoms with van der Waals surface area (Å²) in [6.45, 7) is 8.48. The number of aromatic nitrogens is 14. The topological polar surface area (TPSA) is 272 Å². The maximum absolute atomic E-state index is 14.3. The van der Waals surface area contributed by atoms with E-state index in [1.165, 1.54) is 63.8 Å². The van der Waals surface area contributed by atoms with Gasteiger partial charge in [0.15, 0.2) is 34.6 Å². The van der Waals surface area contributed by atoms with Gasteiger partial charge in [-0.1, -0.05) is 0 Å². The van der Waals surface area contributed by atoms with Crippen molar-refractivity contribution in [2.45, 2.75) is 0 Å². The van der Waals surface area contributed by atoms with Crippen molar-refractivity contribution in [3.05, 3.63) is 257 Å². The summed E-state index contributed by atoms with van der Waals surface area (Å²) >= 11 is 0. The highest BCUT2D eigenvalue weighted by Gasteiger charge is 2.24. The standard InChI is InChI=1S/C16H17FN6.2C11H5F3N2O.C11H6F2N4.C8H9FN2O2.C5H3F2N.C5H12N2/c1-22-7-9-23(10-8-22)13-5-4-12(17)15(19-13)14-11-3-2-6-18-16(11)21-20-14;2*12-7-3-4-8(13)16-9(7)10(17)6-2-1-5-15-11(6)14;12-7-3-4-8(13)15-10(7)9-6-2-1-5-14-11(6)17-16-9;1-11(13-2)8(12)6-4-3-5-10-7(6)9;6-4-1-2-5(7)8-3-4;1-7-4-2-6-3-5-7/h2-6H,7-10H2,1H3,(H,18,20,21);2*1-5H;1-5H,(H,14,16,17);3-5H,1-2H3;1-3H;6H,2-5H2,1H3. The first kappa shape index (κ1) is 75.8. The lowest BCUT2D eigenvalue weighted by molar-refractivity contribution is -0.0760. The summed E-state index contributed by atoms with van der Waals surface area (Å²) in [4.78, 5) is 81.4. The van der Waals surface area contributed by atoms with Crippen LogP contribution in [0.15, 0.2) is 159 Å². The zero-order valence-electron chi connectivity index (χ0n) is 54.0. The number of likely N-dealkylation sites (N-methyl/N-ethyl adjacent to an activating group) is 2. The van der Waals surface area contributed by atoms with Crippen molar-refractivity contribution in [3.63, 3.8) is 0 Å². The predicted molar refractivity (Wildman–Crippen MR) is 345 cm³/mol. The molecule has 0 unspecified atom stereocenters. The molecule has 0 aromatic carbocycles. The van der Waals surface area contributed by atoms with Crippen LogP contribution >= 0.6 is 0 Å². The zero-order chi connectivity index (χ0) is 73.4. The van der Waals surface area contributed by atoms with E-state index >= 15 is 0 Å². The molecular weight excluding hydrogens is 1360 g/mol. The summed E-state index contributed by atoms with van der Waals surface area (Å²) in [5.41, 5.74) is -0.458. The number of fused-ring (bicyclic) bond motifs is 2. The number of H-pyrrole nitrogens is 2. The number of pyridine rings is 10. The van der Waals surface area contributed by atoms with Gasteiger partial charge in [0.05, 0.1) is 41.4 Å². The molecule has 2 aliphatic rings. The van der Waals surface area contributed by atoms with Crippen LogP contribution in [0.25, 0.3) is 44.8 Å². The van der Waals surface area contributed by atoms with Gasteiger partial charge in [0.2, 0.25) is 53.2 Å². The molecule has 0 radical (unpaired) electrons. The largest absolute Gasteiger partial charge is 0.354 e. The van der Waals surface area contributed by atoms with E-state index in [1.54, 1.807) is 30.6 Å². The van der Waals surface area contributed by atoms with E-state index in [4.69, 9.17) is 0 Å². The van der Waals surface area contributed by atoms with Gasteiger partial charge in [-0.3, -0.25) is 29.4 Å². The molecule has 14 rings (SSSR count). The second-order valence-electron chi connectivity index (χ2n) is 21.2. The number of aromatic amines is 2. The smallest absolute Gasteiger partial charge is 0.281 e. The van der Waals surface area contributed by atoms with Crippen molar-refractivity contribution in [3.8, 4) is 22.8 Å². The molecule has 12 aromatic rings. The third-order valence-corrected chi connectivity index (χ3v) is 14.2. The lowest BCUT2D eigenvalue weighted by atomic mass is 10.1. The van der Waals surface area contributed by atoms with Crippen LogP contribution in [0.2, 0.25) is 0 Å². The monoisotopic (exact) mass is 1420 g/mol. The third kappa shape index (κ3) is 20.8. The molecule has 3 N–H and O–H groups in total. The number of anilines is 1. The first-order chi connectivity index (χ1) is 49.0. The molecule has 2 saturated heterocycles. The normalized spacial score (nSPS) is 12.6. The summed E-state index contributed by atoms with van der Waals surface area (Å²) in [6.07, 6.45) is 7.62. The van der Waals surface area contributed by atoms with Crippen LogP contribution < -0.4 is 10.2 Å². The Hall–Kier alpha value is -12.0. The fourth-order valence-electron chi connectivity index (χ4n) is 8.93. The van der Waals surface area contributed by atoms with Gasteiger partial charge in [0.25, 0.3) is 5.91 Å². The fourth-order valence-corrected chi connectivity index (χ4v) is 8.93. The number of carbonyl (C=O) groups is 3. The lowest BCUT2D eigenvalue weighted by Crippen LogP contribution is -2.44. The summed E-state index contributed by atoms with van der Waals surface area (Å²) in [5, 5.41) is 19.1. The first-order valence-electron chi connectivity index (χ1n) is 30.1. The SMILES string of the molecule is CN1CCN(c2ccc(F)c(-c3[nH]nc4ncccc34)n2)CC1.CN1CCNCC1.CON(C)C(=O)c1cccnc1F.Fc1ccc(F)c(-c2[nH]nc3ncccc23)n1.Fc1ccc(F)nc1.O=C(c1cccnc1F)c1nc(F)ccc1F.O=C(c1cccnc1F)c1nc(F)ccc1F. The van der Waals surface area contributed by atoms with Crippen molar-refractivity contribution in [2.24, 2.45) is 0 Å². The van der Waals surface area contributed by atoms with Crippen molar-refractivity contribution >= 4 is 45.4 Å². The first-order valence-corrected chi connectivity index (χ1v) is 30.1. The highest BCUT2D eigenvalue weighted by Crippen LogP contribution is 2.29. The number of ketones is 2. The summed E-state index contributed by atoms with van der Waals surface area (Å²) in [5.74, 6) is -11.7. The van der Waals surface area contributed by atoms with Crippen LogP contribution in [0.1, 0.15) is 42.5 Å². The Balaban J connectivity index is 0.000000155.